The molecule has 0 aliphatic carbocycles. The van der Waals surface area contributed by atoms with Crippen molar-refractivity contribution in [1.82, 2.24) is 15.2 Å². The number of carboxylic acid groups (broad SMARTS) is 1. The van der Waals surface area contributed by atoms with E-state index in [1.54, 1.807) is 24.3 Å². The van der Waals surface area contributed by atoms with Crippen LogP contribution in [0.1, 0.15) is 22.8 Å². The van der Waals surface area contributed by atoms with Crippen LogP contribution in [0.4, 0.5) is 5.69 Å². The summed E-state index contributed by atoms with van der Waals surface area (Å²) in [5, 5.41) is 15.0. The van der Waals surface area contributed by atoms with Crippen LogP contribution in [0, 0.1) is 0 Å². The van der Waals surface area contributed by atoms with E-state index >= 15 is 0 Å². The molecule has 33 heavy (non-hydrogen) atoms. The zero-order valence-corrected chi connectivity index (χ0v) is 19.7. The highest BCUT2D eigenvalue weighted by molar-refractivity contribution is 7.99. The number of thioether (sulfide) groups is 1. The average Bonchev–Trinajstić information content (AvgIpc) is 3.23. The van der Waals surface area contributed by atoms with Crippen LogP contribution in [0.15, 0.2) is 36.4 Å². The molecule has 2 aromatic rings. The van der Waals surface area contributed by atoms with Crippen LogP contribution in [-0.2, 0) is 20.8 Å². The predicted octanol–water partition coefficient (Wildman–Crippen LogP) is 2.67. The fourth-order valence-corrected chi connectivity index (χ4v) is 4.93. The van der Waals surface area contributed by atoms with E-state index in [2.05, 4.69) is 15.6 Å². The summed E-state index contributed by atoms with van der Waals surface area (Å²) < 4.78 is 0. The van der Waals surface area contributed by atoms with Crippen molar-refractivity contribution in [2.24, 2.45) is 0 Å². The highest BCUT2D eigenvalue weighted by atomic mass is 35.5. The number of aromatic nitrogens is 1. The van der Waals surface area contributed by atoms with E-state index in [0.717, 1.165) is 0 Å². The molecule has 0 saturated carbocycles. The molecular weight excluding hydrogens is 491 g/mol. The third-order valence-electron chi connectivity index (χ3n) is 4.85. The number of carbonyl (C=O) groups excluding carboxylic acids is 3. The van der Waals surface area contributed by atoms with E-state index in [-0.39, 0.29) is 28.2 Å². The zero-order chi connectivity index (χ0) is 24.1. The summed E-state index contributed by atoms with van der Waals surface area (Å²) in [5.41, 5.74) is 1.22. The van der Waals surface area contributed by atoms with Crippen molar-refractivity contribution in [3.63, 3.8) is 0 Å². The minimum Gasteiger partial charge on any atom is -0.480 e. The van der Waals surface area contributed by atoms with E-state index in [9.17, 15) is 24.3 Å². The van der Waals surface area contributed by atoms with E-state index in [1.165, 1.54) is 35.7 Å². The number of carboxylic acids is 1. The van der Waals surface area contributed by atoms with Crippen molar-refractivity contribution in [2.45, 2.75) is 25.4 Å². The summed E-state index contributed by atoms with van der Waals surface area (Å²) in [7, 11) is 0. The molecule has 2 atom stereocenters. The van der Waals surface area contributed by atoms with Gasteiger partial charge in [0.1, 0.15) is 22.4 Å². The minimum absolute atomic E-state index is 0.0162. The van der Waals surface area contributed by atoms with Gasteiger partial charge < -0.3 is 20.6 Å². The summed E-state index contributed by atoms with van der Waals surface area (Å²) in [4.78, 5) is 53.8. The van der Waals surface area contributed by atoms with E-state index in [1.807, 2.05) is 0 Å². The summed E-state index contributed by atoms with van der Waals surface area (Å²) in [6.45, 7) is 1.37. The lowest BCUT2D eigenvalue weighted by atomic mass is 10.0. The molecule has 12 heteroatoms. The number of pyridine rings is 1. The number of carbonyl (C=O) groups is 4. The Labute approximate surface area is 203 Å². The minimum atomic E-state index is -1.21. The van der Waals surface area contributed by atoms with Gasteiger partial charge in [0.05, 0.1) is 5.88 Å². The van der Waals surface area contributed by atoms with Gasteiger partial charge in [-0.3, -0.25) is 14.4 Å². The van der Waals surface area contributed by atoms with Gasteiger partial charge in [-0.2, -0.15) is 0 Å². The Morgan fingerprint density at radius 3 is 2.55 bits per heavy atom. The molecule has 3 rings (SSSR count). The molecule has 174 valence electrons. The number of anilines is 1. The normalized spacial score (nSPS) is 16.2. The van der Waals surface area contributed by atoms with E-state index in [0.29, 0.717) is 22.9 Å². The van der Waals surface area contributed by atoms with Gasteiger partial charge in [-0.15, -0.1) is 11.8 Å². The molecule has 0 spiro atoms. The van der Waals surface area contributed by atoms with Gasteiger partial charge in [0.25, 0.3) is 5.91 Å². The molecule has 2 heterocycles. The molecule has 0 radical (unpaired) electrons. The Morgan fingerprint density at radius 2 is 1.91 bits per heavy atom. The molecule has 3 amide bonds. The molecule has 1 aliphatic rings. The zero-order valence-electron chi connectivity index (χ0n) is 17.4. The van der Waals surface area contributed by atoms with Gasteiger partial charge in [-0.1, -0.05) is 35.3 Å². The maximum Gasteiger partial charge on any atom is 0.326 e. The maximum atomic E-state index is 12.6. The third kappa shape index (κ3) is 6.59. The largest absolute Gasteiger partial charge is 0.480 e. The third-order valence-corrected chi connectivity index (χ3v) is 6.25. The van der Waals surface area contributed by atoms with Crippen LogP contribution in [0.5, 0.6) is 0 Å². The molecule has 1 fully saturated rings. The Balaban J connectivity index is 1.69. The van der Waals surface area contributed by atoms with Crippen LogP contribution in [0.2, 0.25) is 10.3 Å². The molecule has 1 aromatic heterocycles. The number of hydrogen-bond acceptors (Lipinski definition) is 6. The first kappa shape index (κ1) is 24.8. The van der Waals surface area contributed by atoms with Crippen LogP contribution < -0.4 is 10.6 Å². The second kappa shape index (κ2) is 10.9. The number of nitrogens with zero attached hydrogens (tertiary/aromatic N) is 2. The standard InChI is InChI=1S/C21H20Cl2N4O5S/c1-11(28)27-10-33-9-16(27)20(30)25-15(21(31)32)6-12-3-2-4-14(5-12)24-19(29)13-7-17(22)26-18(23)8-13/h2-5,7-8,15-16H,6,9-10H2,1H3,(H,24,29)(H,25,30)(H,31,32)/t15?,16-/m1/s1. The summed E-state index contributed by atoms with van der Waals surface area (Å²) in [6, 6.07) is 7.41. The lowest BCUT2D eigenvalue weighted by Gasteiger charge is -2.23. The fraction of sp³-hybridized carbons (Fsp3) is 0.286. The van der Waals surface area contributed by atoms with E-state index < -0.39 is 29.9 Å². The smallest absolute Gasteiger partial charge is 0.326 e. The van der Waals surface area contributed by atoms with Crippen molar-refractivity contribution in [1.29, 1.82) is 0 Å². The number of nitrogens with one attached hydrogen (secondary N) is 2. The highest BCUT2D eigenvalue weighted by Gasteiger charge is 2.35. The highest BCUT2D eigenvalue weighted by Crippen LogP contribution is 2.22. The number of amides is 3. The van der Waals surface area contributed by atoms with Crippen LogP contribution in [0.3, 0.4) is 0 Å². The van der Waals surface area contributed by atoms with Crippen molar-refractivity contribution in [2.75, 3.05) is 16.9 Å². The van der Waals surface area contributed by atoms with Gasteiger partial charge in [-0.05, 0) is 29.8 Å². The van der Waals surface area contributed by atoms with E-state index in [4.69, 9.17) is 23.2 Å². The Morgan fingerprint density at radius 1 is 1.21 bits per heavy atom. The maximum absolute atomic E-state index is 12.6. The van der Waals surface area contributed by atoms with Crippen molar-refractivity contribution < 1.29 is 24.3 Å². The molecule has 0 bridgehead atoms. The summed E-state index contributed by atoms with van der Waals surface area (Å²) in [6.07, 6.45) is -0.0162. The number of halogens is 2. The van der Waals surface area contributed by atoms with Gasteiger partial charge in [0, 0.05) is 30.3 Å². The topological polar surface area (TPSA) is 129 Å². The van der Waals surface area contributed by atoms with Crippen molar-refractivity contribution in [3.8, 4) is 0 Å². The molecule has 1 saturated heterocycles. The first-order chi connectivity index (χ1) is 15.6. The molecule has 1 aliphatic heterocycles. The summed E-state index contributed by atoms with van der Waals surface area (Å²) in [5.74, 6) is -1.64. The summed E-state index contributed by atoms with van der Waals surface area (Å²) >= 11 is 13.1. The first-order valence-corrected chi connectivity index (χ1v) is 11.7. The monoisotopic (exact) mass is 510 g/mol. The first-order valence-electron chi connectivity index (χ1n) is 9.75. The van der Waals surface area contributed by atoms with Gasteiger partial charge in [-0.25, -0.2) is 9.78 Å². The molecule has 1 unspecified atom stereocenters. The number of benzene rings is 1. The Bertz CT molecular complexity index is 1080. The van der Waals surface area contributed by atoms with Gasteiger partial charge in [0.15, 0.2) is 0 Å². The van der Waals surface area contributed by atoms with Crippen molar-refractivity contribution in [3.05, 3.63) is 57.8 Å². The second-order valence-corrected chi connectivity index (χ2v) is 9.04. The van der Waals surface area contributed by atoms with Crippen LogP contribution in [-0.4, -0.2) is 62.4 Å². The average molecular weight is 511 g/mol. The second-order valence-electron chi connectivity index (χ2n) is 7.26. The quantitative estimate of drug-likeness (QED) is 0.488. The predicted molar refractivity (Wildman–Crippen MR) is 126 cm³/mol. The van der Waals surface area contributed by atoms with Crippen LogP contribution in [0.25, 0.3) is 0 Å². The molecule has 3 N–H and O–H groups in total. The SMILES string of the molecule is CC(=O)N1CSC[C@@H]1C(=O)NC(Cc1cccc(NC(=O)c2cc(Cl)nc(Cl)c2)c1)C(=O)O. The van der Waals surface area contributed by atoms with Gasteiger partial charge >= 0.3 is 5.97 Å². The molecular formula is C21H20Cl2N4O5S. The number of hydrogen-bond donors (Lipinski definition) is 3. The fourth-order valence-electron chi connectivity index (χ4n) is 3.25. The Kier molecular flexibility index (Phi) is 8.17. The van der Waals surface area contributed by atoms with Crippen LogP contribution >= 0.6 is 35.0 Å². The lowest BCUT2D eigenvalue weighted by Crippen LogP contribution is -2.52. The molecule has 9 nitrogen and oxygen atoms in total. The lowest BCUT2D eigenvalue weighted by molar-refractivity contribution is -0.143. The number of aliphatic carboxylic acids is 1. The Hall–Kier alpha value is -2.82. The molecule has 1 aromatic carbocycles. The van der Waals surface area contributed by atoms with Crippen molar-refractivity contribution >= 4 is 64.3 Å². The number of rotatable bonds is 7. The van der Waals surface area contributed by atoms with Gasteiger partial charge in [0.2, 0.25) is 11.8 Å².